The van der Waals surface area contributed by atoms with Gasteiger partial charge in [0.25, 0.3) is 5.69 Å². The van der Waals surface area contributed by atoms with Crippen molar-refractivity contribution in [2.45, 2.75) is 52.2 Å². The van der Waals surface area contributed by atoms with Crippen LogP contribution in [0.1, 0.15) is 45.1 Å². The van der Waals surface area contributed by atoms with Gasteiger partial charge in [-0.15, -0.1) is 0 Å². The predicted octanol–water partition coefficient (Wildman–Crippen LogP) is 3.47. The minimum absolute atomic E-state index is 0.0760. The van der Waals surface area contributed by atoms with E-state index in [2.05, 4.69) is 19.2 Å². The number of nitro benzene ring substituents is 1. The monoisotopic (exact) mass is 278 g/mol. The fraction of sp³-hybridized carbons (Fsp3) is 0.600. The van der Waals surface area contributed by atoms with Gasteiger partial charge in [-0.1, -0.05) is 13.8 Å². The summed E-state index contributed by atoms with van der Waals surface area (Å²) in [5.41, 5.74) is 1.66. The maximum Gasteiger partial charge on any atom is 0.292 e. The van der Waals surface area contributed by atoms with Crippen molar-refractivity contribution in [1.29, 1.82) is 0 Å². The molecule has 0 bridgehead atoms. The van der Waals surface area contributed by atoms with E-state index in [1.165, 1.54) is 6.07 Å². The molecule has 1 aliphatic carbocycles. The summed E-state index contributed by atoms with van der Waals surface area (Å²) in [7, 11) is 0. The number of benzene rings is 1. The van der Waals surface area contributed by atoms with Crippen molar-refractivity contribution in [3.63, 3.8) is 0 Å². The highest BCUT2D eigenvalue weighted by Gasteiger charge is 2.27. The normalized spacial score (nSPS) is 18.8. The van der Waals surface area contributed by atoms with Crippen LogP contribution in [0.15, 0.2) is 18.2 Å². The fourth-order valence-corrected chi connectivity index (χ4v) is 2.72. The molecular formula is C15H22N2O3. The van der Waals surface area contributed by atoms with Crippen LogP contribution in [0.5, 0.6) is 0 Å². The van der Waals surface area contributed by atoms with Crippen molar-refractivity contribution in [3.8, 4) is 0 Å². The summed E-state index contributed by atoms with van der Waals surface area (Å²) in [6.45, 7) is 4.42. The first-order chi connectivity index (χ1) is 9.41. The highest BCUT2D eigenvalue weighted by Crippen LogP contribution is 2.37. The Hall–Kier alpha value is -1.62. The third-order valence-electron chi connectivity index (χ3n) is 4.14. The molecule has 0 amide bonds. The predicted molar refractivity (Wildman–Crippen MR) is 78.7 cm³/mol. The lowest BCUT2D eigenvalue weighted by molar-refractivity contribution is -0.384. The molecule has 0 spiro atoms. The maximum atomic E-state index is 11.1. The number of aliphatic hydroxyl groups is 1. The van der Waals surface area contributed by atoms with Crippen LogP contribution in [0, 0.1) is 15.5 Å². The molecule has 20 heavy (non-hydrogen) atoms. The second-order valence-corrected chi connectivity index (χ2v) is 6.35. The molecule has 0 atom stereocenters. The van der Waals surface area contributed by atoms with Gasteiger partial charge in [0.15, 0.2) is 0 Å². The maximum absolute atomic E-state index is 11.1. The number of nitro groups is 1. The summed E-state index contributed by atoms with van der Waals surface area (Å²) in [5.74, 6) is 0. The number of anilines is 1. The Balaban J connectivity index is 2.14. The van der Waals surface area contributed by atoms with Gasteiger partial charge in [-0.05, 0) is 48.8 Å². The van der Waals surface area contributed by atoms with Gasteiger partial charge in [-0.2, -0.15) is 0 Å². The zero-order chi connectivity index (χ0) is 14.8. The molecule has 110 valence electrons. The Bertz CT molecular complexity index is 490. The molecule has 5 nitrogen and oxygen atoms in total. The Morgan fingerprint density at radius 3 is 2.60 bits per heavy atom. The number of nitrogens with one attached hydrogen (secondary N) is 1. The van der Waals surface area contributed by atoms with Gasteiger partial charge in [0.1, 0.15) is 5.69 Å². The quantitative estimate of drug-likeness (QED) is 0.653. The molecule has 1 aliphatic rings. The molecule has 0 saturated heterocycles. The molecule has 0 unspecified atom stereocenters. The fourth-order valence-electron chi connectivity index (χ4n) is 2.72. The Morgan fingerprint density at radius 2 is 2.05 bits per heavy atom. The van der Waals surface area contributed by atoms with Gasteiger partial charge in [0.05, 0.1) is 11.5 Å². The van der Waals surface area contributed by atoms with Crippen LogP contribution < -0.4 is 5.32 Å². The van der Waals surface area contributed by atoms with E-state index in [1.807, 2.05) is 0 Å². The largest absolute Gasteiger partial charge is 0.392 e. The number of nitrogens with zero attached hydrogens (tertiary/aromatic N) is 1. The van der Waals surface area contributed by atoms with Gasteiger partial charge >= 0.3 is 0 Å². The molecule has 0 heterocycles. The first-order valence-electron chi connectivity index (χ1n) is 7.06. The molecule has 1 saturated carbocycles. The average Bonchev–Trinajstić information content (AvgIpc) is 2.40. The Labute approximate surface area is 119 Å². The highest BCUT2D eigenvalue weighted by atomic mass is 16.6. The van der Waals surface area contributed by atoms with Crippen LogP contribution in [-0.4, -0.2) is 16.1 Å². The van der Waals surface area contributed by atoms with E-state index < -0.39 is 0 Å². The zero-order valence-electron chi connectivity index (χ0n) is 12.1. The SMILES string of the molecule is CC1(C)CCC(Nc2cc(CO)ccc2[N+](=O)[O-])CC1. The molecule has 1 aromatic rings. The molecule has 1 aromatic carbocycles. The lowest BCUT2D eigenvalue weighted by Crippen LogP contribution is -2.30. The summed E-state index contributed by atoms with van der Waals surface area (Å²) < 4.78 is 0. The molecule has 0 aromatic heterocycles. The number of hydrogen-bond acceptors (Lipinski definition) is 4. The second-order valence-electron chi connectivity index (χ2n) is 6.35. The Morgan fingerprint density at radius 1 is 1.40 bits per heavy atom. The van der Waals surface area contributed by atoms with Crippen LogP contribution >= 0.6 is 0 Å². The summed E-state index contributed by atoms with van der Waals surface area (Å²) in [4.78, 5) is 10.7. The molecule has 0 aliphatic heterocycles. The van der Waals surface area contributed by atoms with E-state index in [0.29, 0.717) is 16.7 Å². The van der Waals surface area contributed by atoms with Crippen LogP contribution in [0.2, 0.25) is 0 Å². The van der Waals surface area contributed by atoms with E-state index >= 15 is 0 Å². The minimum atomic E-state index is -0.379. The third-order valence-corrected chi connectivity index (χ3v) is 4.14. The molecule has 1 fully saturated rings. The smallest absolute Gasteiger partial charge is 0.292 e. The molecular weight excluding hydrogens is 256 g/mol. The van der Waals surface area contributed by atoms with Crippen molar-refractivity contribution in [1.82, 2.24) is 0 Å². The Kier molecular flexibility index (Phi) is 4.28. The van der Waals surface area contributed by atoms with Crippen LogP contribution in [0.3, 0.4) is 0 Å². The minimum Gasteiger partial charge on any atom is -0.392 e. The number of hydrogen-bond donors (Lipinski definition) is 2. The third kappa shape index (κ3) is 3.48. The number of rotatable bonds is 4. The standard InChI is InChI=1S/C15H22N2O3/c1-15(2)7-5-12(6-8-15)16-13-9-11(10-18)3-4-14(13)17(19)20/h3-4,9,12,16,18H,5-8,10H2,1-2H3. The van der Waals surface area contributed by atoms with E-state index in [-0.39, 0.29) is 23.3 Å². The van der Waals surface area contributed by atoms with E-state index in [0.717, 1.165) is 25.7 Å². The van der Waals surface area contributed by atoms with Gasteiger partial charge in [-0.25, -0.2) is 0 Å². The van der Waals surface area contributed by atoms with Crippen molar-refractivity contribution in [2.24, 2.45) is 5.41 Å². The summed E-state index contributed by atoms with van der Waals surface area (Å²) in [5, 5.41) is 23.5. The first-order valence-corrected chi connectivity index (χ1v) is 7.06. The lowest BCUT2D eigenvalue weighted by Gasteiger charge is -2.35. The van der Waals surface area contributed by atoms with Crippen molar-refractivity contribution >= 4 is 11.4 Å². The van der Waals surface area contributed by atoms with Crippen LogP contribution in [0.4, 0.5) is 11.4 Å². The topological polar surface area (TPSA) is 75.4 Å². The summed E-state index contributed by atoms with van der Waals surface area (Å²) >= 11 is 0. The van der Waals surface area contributed by atoms with Gasteiger partial charge in [0, 0.05) is 12.1 Å². The van der Waals surface area contributed by atoms with Crippen LogP contribution in [0.25, 0.3) is 0 Å². The lowest BCUT2D eigenvalue weighted by atomic mass is 9.75. The van der Waals surface area contributed by atoms with E-state index in [9.17, 15) is 10.1 Å². The van der Waals surface area contributed by atoms with Gasteiger partial charge < -0.3 is 10.4 Å². The zero-order valence-corrected chi connectivity index (χ0v) is 12.1. The summed E-state index contributed by atoms with van der Waals surface area (Å²) in [6.07, 6.45) is 4.29. The molecule has 2 rings (SSSR count). The van der Waals surface area contributed by atoms with Crippen molar-refractivity contribution < 1.29 is 10.0 Å². The molecule has 0 radical (unpaired) electrons. The first kappa shape index (κ1) is 14.8. The van der Waals surface area contributed by atoms with Gasteiger partial charge in [-0.3, -0.25) is 10.1 Å². The second kappa shape index (κ2) is 5.79. The van der Waals surface area contributed by atoms with Gasteiger partial charge in [0.2, 0.25) is 0 Å². The van der Waals surface area contributed by atoms with Crippen molar-refractivity contribution in [3.05, 3.63) is 33.9 Å². The highest BCUT2D eigenvalue weighted by molar-refractivity contribution is 5.63. The van der Waals surface area contributed by atoms with Crippen molar-refractivity contribution in [2.75, 3.05) is 5.32 Å². The summed E-state index contributed by atoms with van der Waals surface area (Å²) in [6, 6.07) is 5.00. The molecule has 5 heteroatoms. The average molecular weight is 278 g/mol. The molecule has 2 N–H and O–H groups in total. The van der Waals surface area contributed by atoms with Crippen LogP contribution in [-0.2, 0) is 6.61 Å². The van der Waals surface area contributed by atoms with E-state index in [4.69, 9.17) is 5.11 Å². The number of aliphatic hydroxyl groups excluding tert-OH is 1. The van der Waals surface area contributed by atoms with E-state index in [1.54, 1.807) is 12.1 Å².